The molecular formula is C26H28N2O7. The van der Waals surface area contributed by atoms with Crippen LogP contribution in [0.15, 0.2) is 42.1 Å². The molecule has 2 aromatic carbocycles. The van der Waals surface area contributed by atoms with Gasteiger partial charge in [-0.1, -0.05) is 13.3 Å². The minimum atomic E-state index is -1.07. The standard InChI is InChI=1S/C26H28N2O7/c1-4-5-8-28-25(20-7-6-19(32-2)12-21(20)29)18(14-27-28)10-17(26(30)31)9-16-11-23-24(35-15-34-23)13-22(16)33-3/h6-7,10-14,29H,4-5,8-9,15H2,1-3H3,(H,30,31). The van der Waals surface area contributed by atoms with Gasteiger partial charge in [-0.15, -0.1) is 0 Å². The molecule has 9 heteroatoms. The monoisotopic (exact) mass is 480 g/mol. The van der Waals surface area contributed by atoms with Crippen molar-refractivity contribution in [2.75, 3.05) is 21.0 Å². The molecule has 0 radical (unpaired) electrons. The Bertz CT molecular complexity index is 1260. The molecule has 9 nitrogen and oxygen atoms in total. The minimum absolute atomic E-state index is 0.0200. The number of rotatable bonds is 10. The Morgan fingerprint density at radius 1 is 1.17 bits per heavy atom. The van der Waals surface area contributed by atoms with Gasteiger partial charge in [-0.05, 0) is 30.7 Å². The third-order valence-corrected chi connectivity index (χ3v) is 5.81. The molecule has 0 spiro atoms. The van der Waals surface area contributed by atoms with Crippen LogP contribution in [0.1, 0.15) is 30.9 Å². The molecule has 0 saturated carbocycles. The molecule has 0 atom stereocenters. The minimum Gasteiger partial charge on any atom is -0.507 e. The number of phenols is 1. The van der Waals surface area contributed by atoms with Crippen molar-refractivity contribution in [3.05, 3.63) is 53.2 Å². The molecule has 1 aromatic heterocycles. The molecular weight excluding hydrogens is 452 g/mol. The van der Waals surface area contributed by atoms with Crippen molar-refractivity contribution in [1.82, 2.24) is 9.78 Å². The molecule has 1 aliphatic rings. The van der Waals surface area contributed by atoms with Crippen LogP contribution in [0.4, 0.5) is 0 Å². The lowest BCUT2D eigenvalue weighted by molar-refractivity contribution is -0.132. The maximum absolute atomic E-state index is 12.3. The molecule has 0 saturated heterocycles. The number of carboxylic acids is 1. The van der Waals surface area contributed by atoms with Crippen LogP contribution in [0, 0.1) is 0 Å². The van der Waals surface area contributed by atoms with E-state index in [1.54, 1.807) is 41.2 Å². The Labute approximate surface area is 203 Å². The maximum atomic E-state index is 12.3. The zero-order valence-corrected chi connectivity index (χ0v) is 19.9. The number of hydrogen-bond donors (Lipinski definition) is 2. The zero-order chi connectivity index (χ0) is 24.9. The Balaban J connectivity index is 1.78. The van der Waals surface area contributed by atoms with Crippen LogP contribution >= 0.6 is 0 Å². The molecule has 184 valence electrons. The van der Waals surface area contributed by atoms with Crippen molar-refractivity contribution in [2.45, 2.75) is 32.7 Å². The van der Waals surface area contributed by atoms with E-state index in [-0.39, 0.29) is 24.5 Å². The highest BCUT2D eigenvalue weighted by molar-refractivity contribution is 5.94. The first-order valence-corrected chi connectivity index (χ1v) is 11.3. The second kappa shape index (κ2) is 10.4. The molecule has 2 N–H and O–H groups in total. The van der Waals surface area contributed by atoms with E-state index >= 15 is 0 Å². The third kappa shape index (κ3) is 5.03. The molecule has 0 unspecified atom stereocenters. The summed E-state index contributed by atoms with van der Waals surface area (Å²) >= 11 is 0. The van der Waals surface area contributed by atoms with Crippen molar-refractivity contribution in [3.63, 3.8) is 0 Å². The van der Waals surface area contributed by atoms with Crippen LogP contribution < -0.4 is 18.9 Å². The summed E-state index contributed by atoms with van der Waals surface area (Å²) in [5, 5.41) is 25.2. The summed E-state index contributed by atoms with van der Waals surface area (Å²) in [6.45, 7) is 2.81. The lowest BCUT2D eigenvalue weighted by atomic mass is 9.99. The number of carboxylic acid groups (broad SMARTS) is 1. The Morgan fingerprint density at radius 2 is 1.94 bits per heavy atom. The lowest BCUT2D eigenvalue weighted by Gasteiger charge is -2.13. The van der Waals surface area contributed by atoms with Crippen molar-refractivity contribution in [1.29, 1.82) is 0 Å². The summed E-state index contributed by atoms with van der Waals surface area (Å²) in [5.74, 6) is 1.07. The number of methoxy groups -OCH3 is 2. The van der Waals surface area contributed by atoms with Gasteiger partial charge in [0.15, 0.2) is 11.5 Å². The first-order chi connectivity index (χ1) is 16.9. The fourth-order valence-corrected chi connectivity index (χ4v) is 3.99. The van der Waals surface area contributed by atoms with Gasteiger partial charge in [0.2, 0.25) is 6.79 Å². The number of fused-ring (bicyclic) bond motifs is 1. The summed E-state index contributed by atoms with van der Waals surface area (Å²) in [6, 6.07) is 8.44. The third-order valence-electron chi connectivity index (χ3n) is 5.81. The van der Waals surface area contributed by atoms with E-state index in [4.69, 9.17) is 18.9 Å². The normalized spacial score (nSPS) is 12.6. The molecule has 0 fully saturated rings. The number of benzene rings is 2. The van der Waals surface area contributed by atoms with Crippen LogP contribution in [-0.2, 0) is 17.8 Å². The molecule has 35 heavy (non-hydrogen) atoms. The number of aryl methyl sites for hydroxylation is 1. The Morgan fingerprint density at radius 3 is 2.60 bits per heavy atom. The SMILES string of the molecule is CCCCn1ncc(C=C(Cc2cc3c(cc2OC)OCO3)C(=O)O)c1-c1ccc(OC)cc1O. The second-order valence-corrected chi connectivity index (χ2v) is 8.08. The van der Waals surface area contributed by atoms with Gasteiger partial charge in [-0.25, -0.2) is 4.79 Å². The number of aromatic hydroxyl groups is 1. The van der Waals surface area contributed by atoms with Crippen molar-refractivity contribution >= 4 is 12.0 Å². The maximum Gasteiger partial charge on any atom is 0.331 e. The number of unbranched alkanes of at least 4 members (excludes halogenated alkanes) is 1. The number of aliphatic carboxylic acids is 1. The molecule has 0 amide bonds. The quantitative estimate of drug-likeness (QED) is 0.408. The Kier molecular flexibility index (Phi) is 7.14. The van der Waals surface area contributed by atoms with Crippen molar-refractivity contribution in [2.24, 2.45) is 0 Å². The first kappa shape index (κ1) is 24.0. The van der Waals surface area contributed by atoms with Gasteiger partial charge in [0.05, 0.1) is 26.1 Å². The molecule has 1 aliphatic heterocycles. The number of aromatic nitrogens is 2. The van der Waals surface area contributed by atoms with Gasteiger partial charge in [-0.2, -0.15) is 5.10 Å². The number of carbonyl (C=O) groups is 1. The van der Waals surface area contributed by atoms with Gasteiger partial charge in [0.25, 0.3) is 0 Å². The molecule has 0 aliphatic carbocycles. The van der Waals surface area contributed by atoms with E-state index in [1.165, 1.54) is 20.3 Å². The predicted molar refractivity (Wildman–Crippen MR) is 129 cm³/mol. The van der Waals surface area contributed by atoms with E-state index in [1.807, 2.05) is 0 Å². The highest BCUT2D eigenvalue weighted by Crippen LogP contribution is 2.40. The van der Waals surface area contributed by atoms with E-state index in [0.717, 1.165) is 12.8 Å². The van der Waals surface area contributed by atoms with Crippen molar-refractivity contribution < 1.29 is 34.0 Å². The van der Waals surface area contributed by atoms with Gasteiger partial charge in [0.1, 0.15) is 17.2 Å². The number of ether oxygens (including phenoxy) is 4. The van der Waals surface area contributed by atoms with E-state index in [2.05, 4.69) is 12.0 Å². The number of phenolic OH excluding ortho intramolecular Hbond substituents is 1. The van der Waals surface area contributed by atoms with Crippen LogP contribution in [-0.4, -0.2) is 47.0 Å². The summed E-state index contributed by atoms with van der Waals surface area (Å²) < 4.78 is 23.3. The Hall–Kier alpha value is -4.14. The number of nitrogens with zero attached hydrogens (tertiary/aromatic N) is 2. The lowest BCUT2D eigenvalue weighted by Crippen LogP contribution is -2.06. The van der Waals surface area contributed by atoms with E-state index < -0.39 is 5.97 Å². The number of hydrogen-bond acceptors (Lipinski definition) is 7. The molecule has 3 aromatic rings. The van der Waals surface area contributed by atoms with Gasteiger partial charge in [-0.3, -0.25) is 4.68 Å². The van der Waals surface area contributed by atoms with Crippen molar-refractivity contribution in [3.8, 4) is 40.0 Å². The molecule has 2 heterocycles. The zero-order valence-electron chi connectivity index (χ0n) is 19.9. The smallest absolute Gasteiger partial charge is 0.331 e. The second-order valence-electron chi connectivity index (χ2n) is 8.08. The predicted octanol–water partition coefficient (Wildman–Crippen LogP) is 4.51. The molecule has 0 bridgehead atoms. The first-order valence-electron chi connectivity index (χ1n) is 11.3. The van der Waals surface area contributed by atoms with Gasteiger partial charge in [0, 0.05) is 47.4 Å². The average molecular weight is 481 g/mol. The average Bonchev–Trinajstić information content (AvgIpc) is 3.47. The molecule has 4 rings (SSSR count). The highest BCUT2D eigenvalue weighted by Gasteiger charge is 2.22. The summed E-state index contributed by atoms with van der Waals surface area (Å²) in [6.07, 6.45) is 5.14. The fourth-order valence-electron chi connectivity index (χ4n) is 3.99. The highest BCUT2D eigenvalue weighted by atomic mass is 16.7. The van der Waals surface area contributed by atoms with E-state index in [0.29, 0.717) is 51.9 Å². The van der Waals surface area contributed by atoms with E-state index in [9.17, 15) is 15.0 Å². The van der Waals surface area contributed by atoms with Crippen LogP contribution in [0.3, 0.4) is 0 Å². The largest absolute Gasteiger partial charge is 0.507 e. The van der Waals surface area contributed by atoms with Gasteiger partial charge >= 0.3 is 5.97 Å². The topological polar surface area (TPSA) is 112 Å². The van der Waals surface area contributed by atoms with Crippen LogP contribution in [0.25, 0.3) is 17.3 Å². The summed E-state index contributed by atoms with van der Waals surface area (Å²) in [5.41, 5.74) is 2.54. The van der Waals surface area contributed by atoms with Gasteiger partial charge < -0.3 is 29.2 Å². The summed E-state index contributed by atoms with van der Waals surface area (Å²) in [4.78, 5) is 12.3. The fraction of sp³-hybridized carbons (Fsp3) is 0.308. The van der Waals surface area contributed by atoms with Crippen LogP contribution in [0.2, 0.25) is 0 Å². The van der Waals surface area contributed by atoms with Crippen LogP contribution in [0.5, 0.6) is 28.7 Å². The summed E-state index contributed by atoms with van der Waals surface area (Å²) in [7, 11) is 3.05.